The largest absolute Gasteiger partial charge is 0.461 e. The van der Waals surface area contributed by atoms with Gasteiger partial charge in [0.2, 0.25) is 0 Å². The lowest BCUT2D eigenvalue weighted by atomic mass is 10.3. The van der Waals surface area contributed by atoms with Crippen LogP contribution in [0.3, 0.4) is 0 Å². The number of alkyl halides is 1. The van der Waals surface area contributed by atoms with Crippen molar-refractivity contribution in [3.63, 3.8) is 0 Å². The van der Waals surface area contributed by atoms with E-state index < -0.39 is 0 Å². The highest BCUT2D eigenvalue weighted by Crippen LogP contribution is 2.33. The molecule has 0 amide bonds. The summed E-state index contributed by atoms with van der Waals surface area (Å²) in [7, 11) is 0. The molecule has 0 aromatic carbocycles. The van der Waals surface area contributed by atoms with Crippen LogP contribution in [0.5, 0.6) is 0 Å². The molecule has 15 heavy (non-hydrogen) atoms. The Bertz CT molecular complexity index is 452. The normalized spacial score (nSPS) is 13.0. The van der Waals surface area contributed by atoms with Crippen molar-refractivity contribution in [2.24, 2.45) is 0 Å². The van der Waals surface area contributed by atoms with Gasteiger partial charge in [0, 0.05) is 0 Å². The smallest absolute Gasteiger partial charge is 0.183 e. The average molecular weight is 287 g/mol. The van der Waals surface area contributed by atoms with Crippen LogP contribution >= 0.6 is 27.3 Å². The van der Waals surface area contributed by atoms with Crippen molar-refractivity contribution < 1.29 is 4.42 Å². The minimum absolute atomic E-state index is 0.291. The maximum Gasteiger partial charge on any atom is 0.183 e. The second-order valence-electron chi connectivity index (χ2n) is 3.25. The van der Waals surface area contributed by atoms with Gasteiger partial charge < -0.3 is 4.42 Å². The molecule has 1 unspecified atom stereocenters. The number of aromatic nitrogens is 2. The molecule has 0 radical (unpaired) electrons. The van der Waals surface area contributed by atoms with Crippen LogP contribution in [0, 0.1) is 6.92 Å². The highest BCUT2D eigenvalue weighted by atomic mass is 79.9. The van der Waals surface area contributed by atoms with E-state index in [9.17, 15) is 0 Å². The topological polar surface area (TPSA) is 38.9 Å². The standard InChI is InChI=1S/C10H11BrN2OS/c1-3-7(11)9-12-13-10(15-9)8-6(2)4-5-14-8/h4-5,7H,3H2,1-2H3. The van der Waals surface area contributed by atoms with Gasteiger partial charge in [-0.05, 0) is 25.0 Å². The van der Waals surface area contributed by atoms with Crippen LogP contribution in [0.2, 0.25) is 0 Å². The Labute approximate surface area is 101 Å². The summed E-state index contributed by atoms with van der Waals surface area (Å²) in [6.45, 7) is 4.12. The minimum Gasteiger partial charge on any atom is -0.461 e. The van der Waals surface area contributed by atoms with Crippen molar-refractivity contribution >= 4 is 27.3 Å². The SMILES string of the molecule is CCC(Br)c1nnc(-c2occc2C)s1. The van der Waals surface area contributed by atoms with Crippen LogP contribution in [0.15, 0.2) is 16.7 Å². The maximum atomic E-state index is 5.37. The fourth-order valence-corrected chi connectivity index (χ4v) is 2.55. The summed E-state index contributed by atoms with van der Waals surface area (Å²) in [6.07, 6.45) is 2.68. The Hall–Kier alpha value is -0.680. The molecule has 0 bridgehead atoms. The summed E-state index contributed by atoms with van der Waals surface area (Å²) in [5.41, 5.74) is 1.10. The van der Waals surface area contributed by atoms with Gasteiger partial charge in [-0.1, -0.05) is 34.2 Å². The van der Waals surface area contributed by atoms with Gasteiger partial charge in [-0.15, -0.1) is 10.2 Å². The third-order valence-corrected chi connectivity index (χ3v) is 4.54. The molecule has 2 rings (SSSR count). The van der Waals surface area contributed by atoms with Gasteiger partial charge in [-0.25, -0.2) is 0 Å². The van der Waals surface area contributed by atoms with Gasteiger partial charge in [0.25, 0.3) is 0 Å². The highest BCUT2D eigenvalue weighted by Gasteiger charge is 2.15. The van der Waals surface area contributed by atoms with E-state index in [-0.39, 0.29) is 0 Å². The molecule has 0 saturated heterocycles. The van der Waals surface area contributed by atoms with Crippen molar-refractivity contribution in [1.82, 2.24) is 10.2 Å². The molecule has 0 fully saturated rings. The Morgan fingerprint density at radius 3 is 2.93 bits per heavy atom. The monoisotopic (exact) mass is 286 g/mol. The molecule has 0 spiro atoms. The summed E-state index contributed by atoms with van der Waals surface area (Å²) < 4.78 is 5.37. The van der Waals surface area contributed by atoms with E-state index in [4.69, 9.17) is 4.42 Å². The fourth-order valence-electron chi connectivity index (χ4n) is 1.22. The summed E-state index contributed by atoms with van der Waals surface area (Å²) in [5.74, 6) is 0.828. The van der Waals surface area contributed by atoms with Crippen molar-refractivity contribution in [1.29, 1.82) is 0 Å². The van der Waals surface area contributed by atoms with Gasteiger partial charge in [0.05, 0.1) is 11.1 Å². The second kappa shape index (κ2) is 4.45. The minimum atomic E-state index is 0.291. The van der Waals surface area contributed by atoms with Crippen LogP contribution in [-0.4, -0.2) is 10.2 Å². The van der Waals surface area contributed by atoms with E-state index in [2.05, 4.69) is 33.1 Å². The van der Waals surface area contributed by atoms with Gasteiger partial charge in [0.1, 0.15) is 5.01 Å². The van der Waals surface area contributed by atoms with Gasteiger partial charge in [-0.2, -0.15) is 0 Å². The molecule has 0 aliphatic rings. The first kappa shape index (κ1) is 10.8. The summed E-state index contributed by atoms with van der Waals surface area (Å²) in [4.78, 5) is 0.291. The predicted octanol–water partition coefficient (Wildman–Crippen LogP) is 3.95. The average Bonchev–Trinajstić information content (AvgIpc) is 2.84. The lowest BCUT2D eigenvalue weighted by molar-refractivity contribution is 0.579. The molecule has 2 heterocycles. The predicted molar refractivity (Wildman–Crippen MR) is 64.3 cm³/mol. The van der Waals surface area contributed by atoms with Crippen molar-refractivity contribution in [3.05, 3.63) is 22.9 Å². The lowest BCUT2D eigenvalue weighted by Crippen LogP contribution is -1.84. The zero-order valence-corrected chi connectivity index (χ0v) is 10.9. The van der Waals surface area contributed by atoms with Crippen LogP contribution in [0.4, 0.5) is 0 Å². The quantitative estimate of drug-likeness (QED) is 0.802. The van der Waals surface area contributed by atoms with E-state index in [1.165, 1.54) is 0 Å². The van der Waals surface area contributed by atoms with Crippen LogP contribution in [0.1, 0.15) is 28.7 Å². The van der Waals surface area contributed by atoms with Crippen LogP contribution in [0.25, 0.3) is 10.8 Å². The molecule has 0 saturated carbocycles. The van der Waals surface area contributed by atoms with Gasteiger partial charge in [0.15, 0.2) is 10.8 Å². The maximum absolute atomic E-state index is 5.37. The van der Waals surface area contributed by atoms with Crippen LogP contribution in [-0.2, 0) is 0 Å². The molecule has 2 aromatic rings. The third-order valence-electron chi connectivity index (χ3n) is 2.12. The Kier molecular flexibility index (Phi) is 3.21. The first-order valence-electron chi connectivity index (χ1n) is 4.74. The molecule has 80 valence electrons. The molecule has 0 N–H and O–H groups in total. The first-order chi connectivity index (χ1) is 7.22. The van der Waals surface area contributed by atoms with Crippen molar-refractivity contribution in [3.8, 4) is 10.8 Å². The Morgan fingerprint density at radius 2 is 2.33 bits per heavy atom. The molecular weight excluding hydrogens is 276 g/mol. The summed E-state index contributed by atoms with van der Waals surface area (Å²) >= 11 is 5.13. The van der Waals surface area contributed by atoms with Crippen molar-refractivity contribution in [2.75, 3.05) is 0 Å². The highest BCUT2D eigenvalue weighted by molar-refractivity contribution is 9.09. The Morgan fingerprint density at radius 1 is 1.53 bits per heavy atom. The van der Waals surface area contributed by atoms with Gasteiger partial charge >= 0.3 is 0 Å². The number of furan rings is 1. The molecule has 1 atom stereocenters. The number of rotatable bonds is 3. The van der Waals surface area contributed by atoms with Crippen molar-refractivity contribution in [2.45, 2.75) is 25.1 Å². The summed E-state index contributed by atoms with van der Waals surface area (Å²) in [6, 6.07) is 1.93. The van der Waals surface area contributed by atoms with Gasteiger partial charge in [-0.3, -0.25) is 0 Å². The Balaban J connectivity index is 2.32. The first-order valence-corrected chi connectivity index (χ1v) is 6.47. The zero-order chi connectivity index (χ0) is 10.8. The fraction of sp³-hybridized carbons (Fsp3) is 0.400. The summed E-state index contributed by atoms with van der Waals surface area (Å²) in [5, 5.41) is 10.1. The molecule has 2 aromatic heterocycles. The third kappa shape index (κ3) is 2.13. The van der Waals surface area contributed by atoms with E-state index in [0.717, 1.165) is 27.8 Å². The number of hydrogen-bond donors (Lipinski definition) is 0. The number of nitrogens with zero attached hydrogens (tertiary/aromatic N) is 2. The number of aryl methyl sites for hydroxylation is 1. The number of halogens is 1. The van der Waals surface area contributed by atoms with E-state index >= 15 is 0 Å². The molecule has 0 aliphatic heterocycles. The van der Waals surface area contributed by atoms with E-state index in [0.29, 0.717) is 4.83 Å². The zero-order valence-electron chi connectivity index (χ0n) is 8.53. The van der Waals surface area contributed by atoms with Crippen LogP contribution < -0.4 is 0 Å². The molecule has 0 aliphatic carbocycles. The van der Waals surface area contributed by atoms with E-state index in [1.54, 1.807) is 17.6 Å². The van der Waals surface area contributed by atoms with E-state index in [1.807, 2.05) is 13.0 Å². The second-order valence-corrected chi connectivity index (χ2v) is 5.37. The lowest BCUT2D eigenvalue weighted by Gasteiger charge is -1.97. The molecule has 5 heteroatoms. The molecule has 3 nitrogen and oxygen atoms in total. The number of hydrogen-bond acceptors (Lipinski definition) is 4. The molecular formula is C10H11BrN2OS.